The van der Waals surface area contributed by atoms with Crippen molar-refractivity contribution in [1.29, 1.82) is 0 Å². The number of nitrogens with one attached hydrogen (secondary N) is 15. The molecule has 736 valence electrons. The number of fused-ring (bicyclic) bond motifs is 20. The van der Waals surface area contributed by atoms with Gasteiger partial charge in [0.05, 0.1) is 49.3 Å². The topological polar surface area (TPSA) is 258 Å². The van der Waals surface area contributed by atoms with Gasteiger partial charge in [-0.25, -0.2) is 5.01 Å². The van der Waals surface area contributed by atoms with E-state index in [9.17, 15) is 0 Å². The van der Waals surface area contributed by atoms with E-state index < -0.39 is 97.2 Å². The zero-order valence-corrected chi connectivity index (χ0v) is 81.9. The molecular formula is C112H160N16O8. The molecule has 8 bridgehead atoms. The second-order valence-electron chi connectivity index (χ2n) is 39.6. The van der Waals surface area contributed by atoms with Gasteiger partial charge in [0.25, 0.3) is 0 Å². The second-order valence-corrected chi connectivity index (χ2v) is 39.6. The zero-order chi connectivity index (χ0) is 93.3. The SMILES string of the molecule is CCCCNC1CC2C3NC(NC4C5C(NCCCC)C(NCCCC)C(NCCCC)C(NCCCC)C5C(NC5NC(NC6NC(N3)C3C(Oc7ccccc7)C(Oc7ccccc7)C(Oc7ccccc7)C(Oc7ccccc7)C63)C3C(Oc6ccccc6)C(Oc6ccccc6)C(Oc6ccccc6)C(Oc6ccccc6)C53)N4NCCCC)C2C(NCCCC)C1NCCCC. The average molecular weight is 1860 g/mol. The monoisotopic (exact) mass is 1860 g/mol. The molecule has 24 nitrogen and oxygen atoms in total. The maximum absolute atomic E-state index is 8.15. The van der Waals surface area contributed by atoms with Crippen LogP contribution in [-0.4, -0.2) is 198 Å². The Kier molecular flexibility index (Phi) is 36.5. The second kappa shape index (κ2) is 50.1. The Morgan fingerprint density at radius 3 is 0.706 bits per heavy atom. The third-order valence-corrected chi connectivity index (χ3v) is 30.6. The lowest BCUT2D eigenvalue weighted by molar-refractivity contribution is -0.156. The number of rotatable bonds is 48. The lowest BCUT2D eigenvalue weighted by atomic mass is 9.66. The number of unbranched alkanes of at least 4 members (excludes halogenated alkanes) is 8. The molecule has 9 aliphatic rings. The molecule has 136 heavy (non-hydrogen) atoms. The average Bonchev–Trinajstić information content (AvgIpc) is 1.55. The summed E-state index contributed by atoms with van der Waals surface area (Å²) in [5.41, 5.74) is 4.49. The number of hydrogen-bond donors (Lipinski definition) is 15. The van der Waals surface area contributed by atoms with Crippen molar-refractivity contribution in [3.8, 4) is 46.0 Å². The van der Waals surface area contributed by atoms with Gasteiger partial charge >= 0.3 is 0 Å². The Bertz CT molecular complexity index is 4710. The first kappa shape index (κ1) is 99.1. The highest BCUT2D eigenvalue weighted by Crippen LogP contribution is 2.53. The summed E-state index contributed by atoms with van der Waals surface area (Å²) < 4.78 is 63.9. The molecule has 17 rings (SSSR count). The van der Waals surface area contributed by atoms with Gasteiger partial charge in [-0.2, -0.15) is 0 Å². The molecule has 24 heteroatoms. The van der Waals surface area contributed by atoms with Gasteiger partial charge in [0.1, 0.15) is 70.4 Å². The van der Waals surface area contributed by atoms with Crippen molar-refractivity contribution < 1.29 is 37.9 Å². The maximum Gasteiger partial charge on any atom is 0.176 e. The van der Waals surface area contributed by atoms with Gasteiger partial charge in [-0.3, -0.25) is 42.6 Å². The number of hydrazine groups is 1. The van der Waals surface area contributed by atoms with E-state index in [-0.39, 0.29) is 90.6 Å². The Hall–Kier alpha value is -8.48. The molecule has 0 amide bonds. The highest BCUT2D eigenvalue weighted by Gasteiger charge is 2.71. The molecule has 8 aromatic carbocycles. The summed E-state index contributed by atoms with van der Waals surface area (Å²) in [7, 11) is 0. The van der Waals surface area contributed by atoms with Gasteiger partial charge in [0, 0.05) is 90.3 Å². The Balaban J connectivity index is 0.954. The van der Waals surface area contributed by atoms with Crippen molar-refractivity contribution in [2.24, 2.45) is 47.3 Å². The number of para-hydroxylation sites is 8. The van der Waals surface area contributed by atoms with E-state index in [2.05, 4.69) is 326 Å². The summed E-state index contributed by atoms with van der Waals surface area (Å²) in [6.45, 7) is 25.7. The molecule has 0 radical (unpaired) electrons. The van der Waals surface area contributed by atoms with E-state index in [1.165, 1.54) is 0 Å². The van der Waals surface area contributed by atoms with E-state index in [4.69, 9.17) is 64.5 Å². The van der Waals surface area contributed by atoms with Crippen molar-refractivity contribution in [2.45, 2.75) is 305 Å². The standard InChI is InChI=1S/C112H160N16O8/c1-9-17-65-113-83-73-82-84(92(115-67-19-11-3)91(83)114-66-18-10-2)106-121-105(82)122-107-87-88(98(130-75-51-35-26-36-52-75)102(134-79-59-43-30-44-60-79)101(133-78-57-41-29-42-58-78)97(87)129-74-49-33-25-34-50-74)108(123-107)124-109-89-90(100(132-77-55-39-28-40-56-77)104(136-81-63-47-32-48-64-81)103(135-80-61-45-31-46-62-80)99(89)131-76-53-37-27-38-54-76)110(125-109)127-112-86-85(111(126-106)128(112)120-72-24-16-8)93(116-68-20-12-4)95(118-70-22-14-6)96(119-71-23-15-7)94(86)117-69-21-13-5/h25-64,82-127H,9-24,65-73H2,1-8H3. The van der Waals surface area contributed by atoms with E-state index in [0.29, 0.717) is 46.0 Å². The van der Waals surface area contributed by atoms with Crippen molar-refractivity contribution in [3.63, 3.8) is 0 Å². The summed E-state index contributed by atoms with van der Waals surface area (Å²) >= 11 is 0. The molecule has 31 atom stereocenters. The number of ether oxygens (including phenoxy) is 8. The summed E-state index contributed by atoms with van der Waals surface area (Å²) in [5.74, 6) is 3.49. The lowest BCUT2D eigenvalue weighted by Crippen LogP contribution is -2.76. The predicted octanol–water partition coefficient (Wildman–Crippen LogP) is 14.7. The third-order valence-electron chi connectivity index (χ3n) is 30.6. The van der Waals surface area contributed by atoms with Crippen molar-refractivity contribution in [1.82, 2.24) is 84.9 Å². The van der Waals surface area contributed by atoms with Crippen LogP contribution in [0.25, 0.3) is 0 Å². The number of benzene rings is 8. The molecule has 5 aliphatic heterocycles. The van der Waals surface area contributed by atoms with Crippen molar-refractivity contribution in [3.05, 3.63) is 243 Å². The molecule has 0 aromatic heterocycles. The minimum Gasteiger partial charge on any atom is -0.486 e. The first-order valence-corrected chi connectivity index (χ1v) is 52.9. The number of hydrogen-bond acceptors (Lipinski definition) is 24. The minimum absolute atomic E-state index is 0.000573. The molecule has 4 saturated carbocycles. The number of nitrogens with zero attached hydrogens (tertiary/aromatic N) is 1. The third kappa shape index (κ3) is 23.5. The van der Waals surface area contributed by atoms with E-state index in [1.807, 2.05) is 30.3 Å². The van der Waals surface area contributed by atoms with Gasteiger partial charge < -0.3 is 75.1 Å². The van der Waals surface area contributed by atoms with Crippen LogP contribution in [0.2, 0.25) is 0 Å². The normalized spacial score (nSPS) is 33.3. The van der Waals surface area contributed by atoms with Crippen LogP contribution in [-0.2, 0) is 0 Å². The van der Waals surface area contributed by atoms with Crippen LogP contribution in [0, 0.1) is 47.3 Å². The van der Waals surface area contributed by atoms with Crippen LogP contribution in [0.1, 0.15) is 165 Å². The molecule has 9 fully saturated rings. The molecule has 5 saturated heterocycles. The van der Waals surface area contributed by atoms with Crippen LogP contribution >= 0.6 is 0 Å². The van der Waals surface area contributed by atoms with Crippen LogP contribution in [0.3, 0.4) is 0 Å². The first-order valence-electron chi connectivity index (χ1n) is 52.9. The van der Waals surface area contributed by atoms with Crippen LogP contribution in [0.5, 0.6) is 46.0 Å². The van der Waals surface area contributed by atoms with E-state index in [0.717, 1.165) is 162 Å². The van der Waals surface area contributed by atoms with Gasteiger partial charge in [-0.1, -0.05) is 252 Å². The molecule has 5 heterocycles. The largest absolute Gasteiger partial charge is 0.486 e. The molecule has 8 aromatic rings. The molecule has 31 unspecified atom stereocenters. The van der Waals surface area contributed by atoms with Crippen molar-refractivity contribution in [2.75, 3.05) is 52.4 Å². The Morgan fingerprint density at radius 1 is 0.221 bits per heavy atom. The van der Waals surface area contributed by atoms with Gasteiger partial charge in [0.15, 0.2) is 24.4 Å². The summed E-state index contributed by atoms with van der Waals surface area (Å²) in [4.78, 5) is 0. The van der Waals surface area contributed by atoms with Crippen LogP contribution in [0.15, 0.2) is 243 Å². The molecule has 15 N–H and O–H groups in total. The zero-order valence-electron chi connectivity index (χ0n) is 81.9. The Labute approximate surface area is 811 Å². The van der Waals surface area contributed by atoms with Crippen LogP contribution < -0.4 is 118 Å². The van der Waals surface area contributed by atoms with E-state index in [1.54, 1.807) is 0 Å². The summed E-state index contributed by atoms with van der Waals surface area (Å²) in [6.07, 6.45) is 7.76. The molecular weight excluding hydrogens is 1700 g/mol. The smallest absolute Gasteiger partial charge is 0.176 e. The first-order chi connectivity index (χ1) is 67.2. The predicted molar refractivity (Wildman–Crippen MR) is 543 cm³/mol. The van der Waals surface area contributed by atoms with E-state index >= 15 is 0 Å². The quantitative estimate of drug-likeness (QED) is 0.0158. The van der Waals surface area contributed by atoms with Gasteiger partial charge in [0.2, 0.25) is 0 Å². The Morgan fingerprint density at radius 2 is 0.434 bits per heavy atom. The fourth-order valence-electron chi connectivity index (χ4n) is 24.3. The molecule has 4 aliphatic carbocycles. The minimum atomic E-state index is -0.848. The maximum atomic E-state index is 8.15. The lowest BCUT2D eigenvalue weighted by Gasteiger charge is -2.53. The fraction of sp³-hybridized carbons (Fsp3) is 0.571. The van der Waals surface area contributed by atoms with Crippen molar-refractivity contribution >= 4 is 0 Å². The highest BCUT2D eigenvalue weighted by molar-refractivity contribution is 5.35. The van der Waals surface area contributed by atoms with Gasteiger partial charge in [-0.05, 0) is 207 Å². The van der Waals surface area contributed by atoms with Crippen LogP contribution in [0.4, 0.5) is 0 Å². The van der Waals surface area contributed by atoms with Gasteiger partial charge in [-0.15, -0.1) is 0 Å². The summed E-state index contributed by atoms with van der Waals surface area (Å²) in [5, 5.41) is 67.5. The highest BCUT2D eigenvalue weighted by atomic mass is 16.6. The molecule has 0 spiro atoms. The fourth-order valence-corrected chi connectivity index (χ4v) is 24.3. The summed E-state index contributed by atoms with van der Waals surface area (Å²) in [6, 6.07) is 82.8.